The molecule has 3 unspecified atom stereocenters. The summed E-state index contributed by atoms with van der Waals surface area (Å²) in [5.74, 6) is 6.83. The van der Waals surface area contributed by atoms with Crippen LogP contribution >= 0.6 is 0 Å². The van der Waals surface area contributed by atoms with Crippen LogP contribution in [0, 0.1) is 58.2 Å². The molecule has 10 atom stereocenters. The fourth-order valence-electron chi connectivity index (χ4n) is 9.28. The van der Waals surface area contributed by atoms with Crippen molar-refractivity contribution in [1.29, 1.82) is 0 Å². The number of allylic oxidation sites excluding steroid dienone is 2. The number of carbonyl (C=O) groups excluding carboxylic acids is 1. The molecule has 0 saturated heterocycles. The Balaban J connectivity index is 1.69. The monoisotopic (exact) mass is 488 g/mol. The van der Waals surface area contributed by atoms with Crippen LogP contribution in [0.3, 0.4) is 0 Å². The van der Waals surface area contributed by atoms with Gasteiger partial charge in [-0.05, 0) is 116 Å². The third kappa shape index (κ3) is 4.43. The van der Waals surface area contributed by atoms with E-state index in [0.717, 1.165) is 24.2 Å². The van der Waals surface area contributed by atoms with E-state index in [1.807, 2.05) is 0 Å². The molecule has 0 aromatic rings. The summed E-state index contributed by atoms with van der Waals surface area (Å²) in [5.41, 5.74) is 0.747. The zero-order chi connectivity index (χ0) is 25.1. The number of esters is 1. The molecule has 0 bridgehead atoms. The molecule has 0 spiro atoms. The van der Waals surface area contributed by atoms with Gasteiger partial charge in [-0.25, -0.2) is 0 Å². The Kier molecular flexibility index (Phi) is 7.17. The van der Waals surface area contributed by atoms with Gasteiger partial charge in [-0.1, -0.05) is 41.0 Å². The molecule has 194 valence electrons. The van der Waals surface area contributed by atoms with Gasteiger partial charge in [-0.15, -0.1) is 0 Å². The van der Waals surface area contributed by atoms with Crippen LogP contribution in [0.25, 0.3) is 0 Å². The molecule has 0 heterocycles. The Bertz CT molecular complexity index is 799. The third-order valence-electron chi connectivity index (χ3n) is 11.3. The molecule has 4 rings (SSSR count). The Labute approximate surface area is 211 Å². The summed E-state index contributed by atoms with van der Waals surface area (Å²) in [5, 5.41) is 0. The summed E-state index contributed by atoms with van der Waals surface area (Å²) in [6.45, 7) is 19.8. The van der Waals surface area contributed by atoms with Gasteiger partial charge in [0.2, 0.25) is 8.32 Å². The third-order valence-corrected chi connectivity index (χ3v) is 12.1. The molecular formula is C30H52O3Si. The zero-order valence-corrected chi connectivity index (χ0v) is 24.6. The van der Waals surface area contributed by atoms with Crippen molar-refractivity contribution >= 4 is 14.3 Å². The molecule has 3 fully saturated rings. The Hall–Kier alpha value is -0.773. The first-order chi connectivity index (χ1) is 15.8. The summed E-state index contributed by atoms with van der Waals surface area (Å²) in [4.78, 5) is 11.9. The standard InChI is InChI=1S/C30H52O3Si/c1-19-14-15-29(4)22(16-19)18-26(33-34(7,8)9)28-24-12-11-23(20(2)10-13-27(31)32-6)30(24,5)21(3)17-25(28)29/h18-25,28H,10-17H2,1-9H3/t19-,20-,21+,22+,23-,24?,25?,28?,29+,30-/m1/s1. The lowest BCUT2D eigenvalue weighted by Crippen LogP contribution is -2.56. The summed E-state index contributed by atoms with van der Waals surface area (Å²) < 4.78 is 12.0. The van der Waals surface area contributed by atoms with E-state index in [0.29, 0.717) is 46.8 Å². The second-order valence-electron chi connectivity index (χ2n) is 14.3. The van der Waals surface area contributed by atoms with Crippen molar-refractivity contribution in [3.05, 3.63) is 11.8 Å². The summed E-state index contributed by atoms with van der Waals surface area (Å²) in [6, 6.07) is 0. The van der Waals surface area contributed by atoms with Gasteiger partial charge in [-0.3, -0.25) is 4.79 Å². The number of fused-ring (bicyclic) bond motifs is 5. The molecular weight excluding hydrogens is 436 g/mol. The highest BCUT2D eigenvalue weighted by Crippen LogP contribution is 2.70. The Morgan fingerprint density at radius 3 is 2.47 bits per heavy atom. The highest BCUT2D eigenvalue weighted by molar-refractivity contribution is 6.70. The van der Waals surface area contributed by atoms with Crippen molar-refractivity contribution < 1.29 is 14.0 Å². The largest absolute Gasteiger partial charge is 0.547 e. The van der Waals surface area contributed by atoms with Gasteiger partial charge in [0.15, 0.2) is 0 Å². The molecule has 0 aromatic heterocycles. The van der Waals surface area contributed by atoms with Gasteiger partial charge in [-0.2, -0.15) is 0 Å². The molecule has 0 radical (unpaired) electrons. The van der Waals surface area contributed by atoms with Crippen LogP contribution in [0.4, 0.5) is 0 Å². The number of carbonyl (C=O) groups is 1. The maximum absolute atomic E-state index is 11.9. The second kappa shape index (κ2) is 9.27. The number of methoxy groups -OCH3 is 1. The van der Waals surface area contributed by atoms with Crippen molar-refractivity contribution in [3.8, 4) is 0 Å². The molecule has 4 aliphatic carbocycles. The van der Waals surface area contributed by atoms with E-state index in [4.69, 9.17) is 9.16 Å². The molecule has 3 saturated carbocycles. The predicted molar refractivity (Wildman–Crippen MR) is 143 cm³/mol. The molecule has 4 heteroatoms. The van der Waals surface area contributed by atoms with Gasteiger partial charge < -0.3 is 9.16 Å². The molecule has 34 heavy (non-hydrogen) atoms. The predicted octanol–water partition coefficient (Wildman–Crippen LogP) is 8.07. The molecule has 0 aromatic carbocycles. The minimum absolute atomic E-state index is 0.0603. The smallest absolute Gasteiger partial charge is 0.305 e. The number of rotatable bonds is 6. The second-order valence-corrected chi connectivity index (χ2v) is 18.7. The molecule has 0 aliphatic heterocycles. The first-order valence-corrected chi connectivity index (χ1v) is 17.7. The van der Waals surface area contributed by atoms with E-state index in [2.05, 4.69) is 60.3 Å². The van der Waals surface area contributed by atoms with Gasteiger partial charge >= 0.3 is 5.97 Å². The van der Waals surface area contributed by atoms with Crippen molar-refractivity contribution in [1.82, 2.24) is 0 Å². The fourth-order valence-corrected chi connectivity index (χ4v) is 10.2. The average Bonchev–Trinajstić information content (AvgIpc) is 3.11. The average molecular weight is 489 g/mol. The van der Waals surface area contributed by atoms with Crippen LogP contribution < -0.4 is 0 Å². The van der Waals surface area contributed by atoms with Gasteiger partial charge in [0.05, 0.1) is 12.9 Å². The van der Waals surface area contributed by atoms with E-state index >= 15 is 0 Å². The normalized spacial score (nSPS) is 44.9. The summed E-state index contributed by atoms with van der Waals surface area (Å²) in [6.07, 6.45) is 12.2. The van der Waals surface area contributed by atoms with Crippen LogP contribution in [-0.4, -0.2) is 21.4 Å². The number of ether oxygens (including phenoxy) is 1. The van der Waals surface area contributed by atoms with Crippen LogP contribution in [0.15, 0.2) is 11.8 Å². The lowest BCUT2D eigenvalue weighted by atomic mass is 9.43. The first kappa shape index (κ1) is 26.3. The number of hydrogen-bond acceptors (Lipinski definition) is 3. The number of hydrogen-bond donors (Lipinski definition) is 0. The van der Waals surface area contributed by atoms with Crippen molar-refractivity contribution in [2.75, 3.05) is 7.11 Å². The highest BCUT2D eigenvalue weighted by Gasteiger charge is 2.64. The molecule has 0 N–H and O–H groups in total. The Morgan fingerprint density at radius 2 is 1.82 bits per heavy atom. The first-order valence-electron chi connectivity index (χ1n) is 14.3. The van der Waals surface area contributed by atoms with Crippen LogP contribution in [0.5, 0.6) is 0 Å². The van der Waals surface area contributed by atoms with Crippen molar-refractivity contribution in [2.24, 2.45) is 58.2 Å². The van der Waals surface area contributed by atoms with Crippen LogP contribution in [-0.2, 0) is 14.0 Å². The van der Waals surface area contributed by atoms with E-state index in [1.54, 1.807) is 0 Å². The summed E-state index contributed by atoms with van der Waals surface area (Å²) in [7, 11) is -0.180. The molecule has 0 amide bonds. The lowest BCUT2D eigenvalue weighted by molar-refractivity contribution is -0.141. The van der Waals surface area contributed by atoms with Crippen LogP contribution in [0.1, 0.15) is 86.0 Å². The fraction of sp³-hybridized carbons (Fsp3) is 0.900. The van der Waals surface area contributed by atoms with E-state index in [-0.39, 0.29) is 5.97 Å². The maximum atomic E-state index is 11.9. The van der Waals surface area contributed by atoms with Crippen molar-refractivity contribution in [2.45, 2.75) is 106 Å². The molecule has 3 nitrogen and oxygen atoms in total. The van der Waals surface area contributed by atoms with Gasteiger partial charge in [0, 0.05) is 12.3 Å². The topological polar surface area (TPSA) is 35.5 Å². The minimum Gasteiger partial charge on any atom is -0.547 e. The zero-order valence-electron chi connectivity index (χ0n) is 23.6. The molecule has 4 aliphatic rings. The van der Waals surface area contributed by atoms with E-state index < -0.39 is 8.32 Å². The Morgan fingerprint density at radius 1 is 1.12 bits per heavy atom. The van der Waals surface area contributed by atoms with Crippen molar-refractivity contribution in [3.63, 3.8) is 0 Å². The van der Waals surface area contributed by atoms with Gasteiger partial charge in [0.25, 0.3) is 0 Å². The van der Waals surface area contributed by atoms with E-state index in [9.17, 15) is 4.79 Å². The van der Waals surface area contributed by atoms with Gasteiger partial charge in [0.1, 0.15) is 0 Å². The lowest BCUT2D eigenvalue weighted by Gasteiger charge is -2.62. The van der Waals surface area contributed by atoms with Crippen LogP contribution in [0.2, 0.25) is 19.6 Å². The maximum Gasteiger partial charge on any atom is 0.305 e. The SMILES string of the molecule is COC(=O)CC[C@@H](C)[C@H]1CCC2C3C(O[Si](C)(C)C)=C[C@@H]4C[C@H](C)CC[C@]4(C)C3C[C@H](C)[C@@]21C. The highest BCUT2D eigenvalue weighted by atomic mass is 28.4. The minimum atomic E-state index is -1.69. The quantitative estimate of drug-likeness (QED) is 0.280. The summed E-state index contributed by atoms with van der Waals surface area (Å²) >= 11 is 0. The van der Waals surface area contributed by atoms with E-state index in [1.165, 1.54) is 51.4 Å².